The van der Waals surface area contributed by atoms with Gasteiger partial charge in [0.25, 0.3) is 0 Å². The molecule has 1 aliphatic rings. The average Bonchev–Trinajstić information content (AvgIpc) is 2.82. The zero-order valence-electron chi connectivity index (χ0n) is 21.4. The summed E-state index contributed by atoms with van der Waals surface area (Å²) in [5.74, 6) is 0.844. The first-order valence-electron chi connectivity index (χ1n) is 12.4. The highest BCUT2D eigenvalue weighted by Crippen LogP contribution is 2.20. The smallest absolute Gasteiger partial charge is 0.408 e. The van der Waals surface area contributed by atoms with Gasteiger partial charge in [0.15, 0.2) is 0 Å². The monoisotopic (exact) mass is 481 g/mol. The van der Waals surface area contributed by atoms with Crippen molar-refractivity contribution in [1.29, 1.82) is 0 Å². The van der Waals surface area contributed by atoms with Gasteiger partial charge < -0.3 is 25.0 Å². The number of rotatable bonds is 9. The zero-order valence-corrected chi connectivity index (χ0v) is 21.4. The number of ether oxygens (including phenoxy) is 2. The molecule has 35 heavy (non-hydrogen) atoms. The number of benzene rings is 2. The molecule has 1 unspecified atom stereocenters. The molecule has 1 fully saturated rings. The van der Waals surface area contributed by atoms with Crippen molar-refractivity contribution in [2.24, 2.45) is 0 Å². The van der Waals surface area contributed by atoms with E-state index >= 15 is 0 Å². The van der Waals surface area contributed by atoms with E-state index in [-0.39, 0.29) is 18.0 Å². The van der Waals surface area contributed by atoms with Crippen molar-refractivity contribution in [2.75, 3.05) is 26.7 Å². The lowest BCUT2D eigenvalue weighted by Crippen LogP contribution is -2.45. The van der Waals surface area contributed by atoms with Crippen LogP contribution in [0.25, 0.3) is 0 Å². The summed E-state index contributed by atoms with van der Waals surface area (Å²) in [7, 11) is 1.63. The van der Waals surface area contributed by atoms with Gasteiger partial charge in [0.1, 0.15) is 11.4 Å². The minimum atomic E-state index is -0.537. The number of carbonyl (C=O) groups excluding carboxylic acids is 2. The number of carbonyl (C=O) groups is 2. The topological polar surface area (TPSA) is 79.9 Å². The molecule has 0 spiro atoms. The second kappa shape index (κ2) is 12.6. The van der Waals surface area contributed by atoms with Crippen LogP contribution in [0.3, 0.4) is 0 Å². The van der Waals surface area contributed by atoms with E-state index < -0.39 is 11.7 Å². The largest absolute Gasteiger partial charge is 0.497 e. The maximum absolute atomic E-state index is 12.5. The highest BCUT2D eigenvalue weighted by Gasteiger charge is 2.24. The van der Waals surface area contributed by atoms with Crippen LogP contribution in [0.2, 0.25) is 0 Å². The van der Waals surface area contributed by atoms with E-state index in [2.05, 4.69) is 15.5 Å². The number of nitrogens with zero attached hydrogens (tertiary/aromatic N) is 1. The van der Waals surface area contributed by atoms with Crippen LogP contribution in [0.1, 0.15) is 57.2 Å². The molecule has 1 atom stereocenters. The SMILES string of the molecule is COc1ccc(CC(=O)NC2CCN(CCC(NC(=O)OC(C)(C)C)c3ccccc3)CC2)cc1. The van der Waals surface area contributed by atoms with Gasteiger partial charge >= 0.3 is 6.09 Å². The lowest BCUT2D eigenvalue weighted by Gasteiger charge is -2.33. The van der Waals surface area contributed by atoms with Crippen molar-refractivity contribution >= 4 is 12.0 Å². The van der Waals surface area contributed by atoms with Crippen molar-refractivity contribution in [3.8, 4) is 5.75 Å². The molecule has 7 heteroatoms. The first kappa shape index (κ1) is 26.5. The Morgan fingerprint density at radius 1 is 1.03 bits per heavy atom. The molecule has 0 saturated carbocycles. The molecule has 0 aromatic heterocycles. The van der Waals surface area contributed by atoms with Gasteiger partial charge in [-0.1, -0.05) is 42.5 Å². The summed E-state index contributed by atoms with van der Waals surface area (Å²) < 4.78 is 10.6. The maximum Gasteiger partial charge on any atom is 0.408 e. The lowest BCUT2D eigenvalue weighted by molar-refractivity contribution is -0.121. The fourth-order valence-corrected chi connectivity index (χ4v) is 4.28. The number of piperidine rings is 1. The summed E-state index contributed by atoms with van der Waals surface area (Å²) in [5, 5.41) is 6.23. The van der Waals surface area contributed by atoms with Crippen LogP contribution in [0.15, 0.2) is 54.6 Å². The summed E-state index contributed by atoms with van der Waals surface area (Å²) in [6, 6.07) is 17.7. The molecule has 1 saturated heterocycles. The van der Waals surface area contributed by atoms with Crippen molar-refractivity contribution in [2.45, 2.75) is 64.1 Å². The van der Waals surface area contributed by atoms with E-state index in [0.717, 1.165) is 55.8 Å². The van der Waals surface area contributed by atoms with Gasteiger partial charge in [-0.3, -0.25) is 4.79 Å². The van der Waals surface area contributed by atoms with Crippen molar-refractivity contribution in [3.63, 3.8) is 0 Å². The van der Waals surface area contributed by atoms with Crippen molar-refractivity contribution < 1.29 is 19.1 Å². The van der Waals surface area contributed by atoms with E-state index in [0.29, 0.717) is 6.42 Å². The average molecular weight is 482 g/mol. The van der Waals surface area contributed by atoms with Gasteiger partial charge in [-0.15, -0.1) is 0 Å². The molecule has 0 radical (unpaired) electrons. The molecule has 0 aliphatic carbocycles. The number of hydrogen-bond donors (Lipinski definition) is 2. The number of amides is 2. The van der Waals surface area contributed by atoms with E-state index in [1.807, 2.05) is 75.4 Å². The Morgan fingerprint density at radius 2 is 1.69 bits per heavy atom. The third-order valence-electron chi connectivity index (χ3n) is 6.10. The highest BCUT2D eigenvalue weighted by molar-refractivity contribution is 5.78. The second-order valence-corrected chi connectivity index (χ2v) is 10.1. The summed E-state index contributed by atoms with van der Waals surface area (Å²) in [6.45, 7) is 8.29. The first-order chi connectivity index (χ1) is 16.7. The minimum Gasteiger partial charge on any atom is -0.497 e. The molecule has 3 rings (SSSR count). The predicted molar refractivity (Wildman–Crippen MR) is 137 cm³/mol. The van der Waals surface area contributed by atoms with Crippen LogP contribution in [0.4, 0.5) is 4.79 Å². The summed E-state index contributed by atoms with van der Waals surface area (Å²) in [4.78, 5) is 27.3. The zero-order chi connectivity index (χ0) is 25.3. The Labute approximate surface area is 209 Å². The minimum absolute atomic E-state index is 0.0549. The molecule has 1 heterocycles. The molecule has 7 nitrogen and oxygen atoms in total. The number of likely N-dealkylation sites (tertiary alicyclic amines) is 1. The number of hydrogen-bond acceptors (Lipinski definition) is 5. The molecular weight excluding hydrogens is 442 g/mol. The molecule has 2 aromatic carbocycles. The van der Waals surface area contributed by atoms with Gasteiger partial charge in [0.05, 0.1) is 19.6 Å². The fourth-order valence-electron chi connectivity index (χ4n) is 4.28. The van der Waals surface area contributed by atoms with Crippen molar-refractivity contribution in [3.05, 3.63) is 65.7 Å². The van der Waals surface area contributed by atoms with Gasteiger partial charge in [-0.25, -0.2) is 4.79 Å². The summed E-state index contributed by atoms with van der Waals surface area (Å²) in [6.07, 6.45) is 2.61. The summed E-state index contributed by atoms with van der Waals surface area (Å²) in [5.41, 5.74) is 1.51. The lowest BCUT2D eigenvalue weighted by atomic mass is 10.0. The number of alkyl carbamates (subject to hydrolysis) is 1. The van der Waals surface area contributed by atoms with Gasteiger partial charge in [-0.2, -0.15) is 0 Å². The quantitative estimate of drug-likeness (QED) is 0.552. The van der Waals surface area contributed by atoms with Crippen LogP contribution >= 0.6 is 0 Å². The van der Waals surface area contributed by atoms with Crippen LogP contribution in [0, 0.1) is 0 Å². The van der Waals surface area contributed by atoms with Crippen molar-refractivity contribution in [1.82, 2.24) is 15.5 Å². The third-order valence-corrected chi connectivity index (χ3v) is 6.10. The van der Waals surface area contributed by atoms with E-state index in [1.54, 1.807) is 7.11 Å². The second-order valence-electron chi connectivity index (χ2n) is 10.1. The van der Waals surface area contributed by atoms with E-state index in [9.17, 15) is 9.59 Å². The van der Waals surface area contributed by atoms with Gasteiger partial charge in [-0.05, 0) is 63.3 Å². The Hall–Kier alpha value is -3.06. The van der Waals surface area contributed by atoms with Gasteiger partial charge in [0.2, 0.25) is 5.91 Å². The molecule has 2 N–H and O–H groups in total. The Balaban J connectivity index is 1.44. The Bertz CT molecular complexity index is 933. The summed E-state index contributed by atoms with van der Waals surface area (Å²) >= 11 is 0. The molecule has 2 aromatic rings. The van der Waals surface area contributed by atoms with Crippen LogP contribution in [-0.4, -0.2) is 55.3 Å². The Kier molecular flexibility index (Phi) is 9.55. The van der Waals surface area contributed by atoms with E-state index in [1.165, 1.54) is 0 Å². The Morgan fingerprint density at radius 3 is 2.29 bits per heavy atom. The van der Waals surface area contributed by atoms with E-state index in [4.69, 9.17) is 9.47 Å². The van der Waals surface area contributed by atoms with Gasteiger partial charge in [0, 0.05) is 25.7 Å². The van der Waals surface area contributed by atoms with Crippen LogP contribution in [-0.2, 0) is 16.0 Å². The highest BCUT2D eigenvalue weighted by atomic mass is 16.6. The van der Waals surface area contributed by atoms with Crippen LogP contribution in [0.5, 0.6) is 5.75 Å². The van der Waals surface area contributed by atoms with Crippen LogP contribution < -0.4 is 15.4 Å². The maximum atomic E-state index is 12.5. The predicted octanol–water partition coefficient (Wildman–Crippen LogP) is 4.47. The molecule has 2 amide bonds. The number of methoxy groups -OCH3 is 1. The standard InChI is InChI=1S/C28H39N3O4/c1-28(2,3)35-27(33)30-25(22-8-6-5-7-9-22)16-19-31-17-14-23(15-18-31)29-26(32)20-21-10-12-24(34-4)13-11-21/h5-13,23,25H,14-20H2,1-4H3,(H,29,32)(H,30,33). The number of nitrogens with one attached hydrogen (secondary N) is 2. The fraction of sp³-hybridized carbons (Fsp3) is 0.500. The molecule has 1 aliphatic heterocycles. The molecule has 190 valence electrons. The molecule has 0 bridgehead atoms. The normalized spacial score (nSPS) is 15.8. The first-order valence-corrected chi connectivity index (χ1v) is 12.4. The molecular formula is C28H39N3O4. The third kappa shape index (κ3) is 9.25.